The molecule has 1 amide bonds. The van der Waals surface area contributed by atoms with Gasteiger partial charge in [0.1, 0.15) is 12.4 Å². The monoisotopic (exact) mass is 324 g/mol. The molecule has 4 nitrogen and oxygen atoms in total. The standard InChI is InChI=1S/C20H24N2O2/c1-16(13-18-7-4-3-5-8-18)15-21-11-12-24-20-10-6-9-19(14-20)22-17(2)23/h3-10,13-14,21H,11-12,15H2,1-2H3,(H,22,23)/b16-13+. The van der Waals surface area contributed by atoms with Crippen LogP contribution in [0.3, 0.4) is 0 Å². The number of hydrogen-bond acceptors (Lipinski definition) is 3. The van der Waals surface area contributed by atoms with Crippen LogP contribution in [0, 0.1) is 0 Å². The van der Waals surface area contributed by atoms with E-state index in [0.29, 0.717) is 6.61 Å². The van der Waals surface area contributed by atoms with Crippen LogP contribution in [0.25, 0.3) is 6.08 Å². The average molecular weight is 324 g/mol. The lowest BCUT2D eigenvalue weighted by molar-refractivity contribution is -0.114. The molecule has 0 atom stereocenters. The predicted molar refractivity (Wildman–Crippen MR) is 99.2 cm³/mol. The number of amides is 1. The van der Waals surface area contributed by atoms with Crippen LogP contribution in [0.4, 0.5) is 5.69 Å². The number of benzene rings is 2. The Hall–Kier alpha value is -2.59. The van der Waals surface area contributed by atoms with E-state index in [1.165, 1.54) is 18.1 Å². The normalized spacial score (nSPS) is 11.2. The van der Waals surface area contributed by atoms with Crippen LogP contribution in [0.2, 0.25) is 0 Å². The summed E-state index contributed by atoms with van der Waals surface area (Å²) in [5, 5.41) is 6.10. The molecule has 2 aromatic carbocycles. The Morgan fingerprint density at radius 3 is 2.62 bits per heavy atom. The number of carbonyl (C=O) groups excluding carboxylic acids is 1. The maximum atomic E-state index is 11.1. The summed E-state index contributed by atoms with van der Waals surface area (Å²) in [4.78, 5) is 11.1. The molecule has 2 aromatic rings. The first-order valence-electron chi connectivity index (χ1n) is 8.07. The van der Waals surface area contributed by atoms with Crippen molar-refractivity contribution in [3.8, 4) is 5.75 Å². The molecule has 4 heteroatoms. The lowest BCUT2D eigenvalue weighted by Gasteiger charge is -2.09. The molecule has 0 heterocycles. The molecule has 0 unspecified atom stereocenters. The second kappa shape index (κ2) is 9.53. The van der Waals surface area contributed by atoms with Gasteiger partial charge in [-0.1, -0.05) is 48.0 Å². The van der Waals surface area contributed by atoms with E-state index in [9.17, 15) is 4.79 Å². The predicted octanol–water partition coefficient (Wildman–Crippen LogP) is 3.72. The second-order valence-electron chi connectivity index (χ2n) is 5.64. The van der Waals surface area contributed by atoms with Gasteiger partial charge in [-0.05, 0) is 24.6 Å². The first-order chi connectivity index (χ1) is 11.6. The van der Waals surface area contributed by atoms with Gasteiger partial charge in [-0.15, -0.1) is 0 Å². The molecule has 0 radical (unpaired) electrons. The van der Waals surface area contributed by atoms with Gasteiger partial charge in [0, 0.05) is 31.8 Å². The number of rotatable bonds is 8. The number of hydrogen-bond donors (Lipinski definition) is 2. The fourth-order valence-corrected chi connectivity index (χ4v) is 2.28. The van der Waals surface area contributed by atoms with Gasteiger partial charge in [-0.3, -0.25) is 4.79 Å². The van der Waals surface area contributed by atoms with E-state index in [0.717, 1.165) is 24.5 Å². The van der Waals surface area contributed by atoms with Crippen molar-refractivity contribution in [1.82, 2.24) is 5.32 Å². The second-order valence-corrected chi connectivity index (χ2v) is 5.64. The molecule has 0 aromatic heterocycles. The Balaban J connectivity index is 1.69. The van der Waals surface area contributed by atoms with E-state index in [4.69, 9.17) is 4.74 Å². The molecule has 0 fully saturated rings. The number of carbonyl (C=O) groups is 1. The van der Waals surface area contributed by atoms with Gasteiger partial charge in [0.2, 0.25) is 5.91 Å². The SMILES string of the molecule is CC(=O)Nc1cccc(OCCNC/C(C)=C/c2ccccc2)c1. The maximum absolute atomic E-state index is 11.1. The van der Waals surface area contributed by atoms with E-state index in [1.54, 1.807) is 0 Å². The van der Waals surface area contributed by atoms with Crippen LogP contribution in [-0.2, 0) is 4.79 Å². The van der Waals surface area contributed by atoms with E-state index in [-0.39, 0.29) is 5.91 Å². The van der Waals surface area contributed by atoms with Crippen LogP contribution >= 0.6 is 0 Å². The molecule has 0 spiro atoms. The summed E-state index contributed by atoms with van der Waals surface area (Å²) in [5.41, 5.74) is 3.23. The average Bonchev–Trinajstić information content (AvgIpc) is 2.55. The lowest BCUT2D eigenvalue weighted by atomic mass is 10.1. The quantitative estimate of drug-likeness (QED) is 0.728. The number of ether oxygens (including phenoxy) is 1. The fourth-order valence-electron chi connectivity index (χ4n) is 2.28. The third-order valence-electron chi connectivity index (χ3n) is 3.32. The first-order valence-corrected chi connectivity index (χ1v) is 8.07. The molecular formula is C20H24N2O2. The molecule has 126 valence electrons. The molecule has 0 aliphatic heterocycles. The summed E-state index contributed by atoms with van der Waals surface area (Å²) in [7, 11) is 0. The highest BCUT2D eigenvalue weighted by Gasteiger charge is 1.99. The Kier molecular flexibility index (Phi) is 7.05. The summed E-state index contributed by atoms with van der Waals surface area (Å²) in [6, 6.07) is 17.7. The van der Waals surface area contributed by atoms with Gasteiger partial charge in [0.25, 0.3) is 0 Å². The summed E-state index contributed by atoms with van der Waals surface area (Å²) in [6.45, 7) is 5.75. The Morgan fingerprint density at radius 2 is 1.88 bits per heavy atom. The van der Waals surface area contributed by atoms with Gasteiger partial charge in [0.15, 0.2) is 0 Å². The van der Waals surface area contributed by atoms with E-state index in [2.05, 4.69) is 35.8 Å². The Morgan fingerprint density at radius 1 is 1.08 bits per heavy atom. The highest BCUT2D eigenvalue weighted by Crippen LogP contribution is 2.17. The maximum Gasteiger partial charge on any atom is 0.221 e. The topological polar surface area (TPSA) is 50.4 Å². The zero-order valence-electron chi connectivity index (χ0n) is 14.2. The summed E-state index contributed by atoms with van der Waals surface area (Å²) < 4.78 is 5.70. The van der Waals surface area contributed by atoms with Crippen molar-refractivity contribution in [1.29, 1.82) is 0 Å². The fraction of sp³-hybridized carbons (Fsp3) is 0.250. The molecule has 24 heavy (non-hydrogen) atoms. The van der Waals surface area contributed by atoms with E-state index in [1.807, 2.05) is 42.5 Å². The zero-order chi connectivity index (χ0) is 17.2. The minimum absolute atomic E-state index is 0.0884. The van der Waals surface area contributed by atoms with Gasteiger partial charge >= 0.3 is 0 Å². The molecule has 2 N–H and O–H groups in total. The van der Waals surface area contributed by atoms with Crippen LogP contribution in [0.1, 0.15) is 19.4 Å². The van der Waals surface area contributed by atoms with Crippen molar-refractivity contribution in [2.75, 3.05) is 25.0 Å². The zero-order valence-corrected chi connectivity index (χ0v) is 14.2. The van der Waals surface area contributed by atoms with Crippen molar-refractivity contribution in [3.05, 3.63) is 65.7 Å². The molecule has 0 aliphatic rings. The molecule has 2 rings (SSSR count). The lowest BCUT2D eigenvalue weighted by Crippen LogP contribution is -2.22. The van der Waals surface area contributed by atoms with Crippen molar-refractivity contribution in [2.24, 2.45) is 0 Å². The van der Waals surface area contributed by atoms with Gasteiger partial charge < -0.3 is 15.4 Å². The van der Waals surface area contributed by atoms with Crippen molar-refractivity contribution in [2.45, 2.75) is 13.8 Å². The largest absolute Gasteiger partial charge is 0.492 e. The van der Waals surface area contributed by atoms with Crippen LogP contribution in [0.15, 0.2) is 60.2 Å². The Bertz CT molecular complexity index is 681. The molecule has 0 bridgehead atoms. The van der Waals surface area contributed by atoms with E-state index >= 15 is 0 Å². The summed E-state index contributed by atoms with van der Waals surface area (Å²) >= 11 is 0. The Labute approximate surface area is 143 Å². The van der Waals surface area contributed by atoms with Gasteiger partial charge in [-0.25, -0.2) is 0 Å². The van der Waals surface area contributed by atoms with Crippen molar-refractivity contribution < 1.29 is 9.53 Å². The minimum Gasteiger partial charge on any atom is -0.492 e. The van der Waals surface area contributed by atoms with E-state index < -0.39 is 0 Å². The highest BCUT2D eigenvalue weighted by molar-refractivity contribution is 5.88. The third kappa shape index (κ3) is 6.67. The molecule has 0 saturated heterocycles. The number of anilines is 1. The smallest absolute Gasteiger partial charge is 0.221 e. The molecule has 0 aliphatic carbocycles. The van der Waals surface area contributed by atoms with Gasteiger partial charge in [-0.2, -0.15) is 0 Å². The minimum atomic E-state index is -0.0884. The first kappa shape index (κ1) is 17.8. The summed E-state index contributed by atoms with van der Waals surface area (Å²) in [6.07, 6.45) is 2.17. The number of nitrogens with one attached hydrogen (secondary N) is 2. The highest BCUT2D eigenvalue weighted by atomic mass is 16.5. The molecule has 0 saturated carbocycles. The van der Waals surface area contributed by atoms with Crippen molar-refractivity contribution in [3.63, 3.8) is 0 Å². The van der Waals surface area contributed by atoms with Crippen LogP contribution in [0.5, 0.6) is 5.75 Å². The van der Waals surface area contributed by atoms with Crippen LogP contribution in [-0.4, -0.2) is 25.6 Å². The van der Waals surface area contributed by atoms with Crippen LogP contribution < -0.4 is 15.4 Å². The van der Waals surface area contributed by atoms with Crippen molar-refractivity contribution >= 4 is 17.7 Å². The van der Waals surface area contributed by atoms with Gasteiger partial charge in [0.05, 0.1) is 0 Å². The third-order valence-corrected chi connectivity index (χ3v) is 3.32. The summed E-state index contributed by atoms with van der Waals surface area (Å²) in [5.74, 6) is 0.661. The molecular weight excluding hydrogens is 300 g/mol.